The summed E-state index contributed by atoms with van der Waals surface area (Å²) in [6.07, 6.45) is 5.60. The second-order valence-electron chi connectivity index (χ2n) is 34.1. The number of nitrogens with two attached hydrogens (primary N) is 2. The third kappa shape index (κ3) is 43.6. The van der Waals surface area contributed by atoms with E-state index in [0.717, 1.165) is 55.1 Å². The number of aliphatic carboxylic acids is 5. The van der Waals surface area contributed by atoms with E-state index in [1.54, 1.807) is 0 Å². The topological polar surface area (TPSA) is 653 Å². The van der Waals surface area contributed by atoms with Crippen molar-refractivity contribution in [2.24, 2.45) is 11.5 Å². The molecule has 0 bridgehead atoms. The van der Waals surface area contributed by atoms with Gasteiger partial charge < -0.3 is 77.9 Å². The Bertz CT molecular complexity index is 5480. The molecule has 788 valence electrons. The third-order valence-electron chi connectivity index (χ3n) is 20.5. The van der Waals surface area contributed by atoms with Gasteiger partial charge in [0.1, 0.15) is 29.3 Å². The number of unbranched alkanes of at least 4 members (excludes halogenated alkanes) is 1. The van der Waals surface area contributed by atoms with Gasteiger partial charge in [0.05, 0.1) is 145 Å². The van der Waals surface area contributed by atoms with Gasteiger partial charge in [-0.3, -0.25) is 24.0 Å². The van der Waals surface area contributed by atoms with E-state index in [0.29, 0.717) is 103 Å². The Balaban J connectivity index is 0.000000625. The first-order chi connectivity index (χ1) is 65.8. The summed E-state index contributed by atoms with van der Waals surface area (Å²) in [6, 6.07) is 21.2. The molecule has 0 unspecified atom stereocenters. The Morgan fingerprint density at radius 1 is 0.340 bits per heavy atom. The summed E-state index contributed by atoms with van der Waals surface area (Å²) in [6.45, 7) is 15.4. The number of hydrogen-bond acceptors (Lipinski definition) is 31. The first-order valence-electron chi connectivity index (χ1n) is 44.0. The van der Waals surface area contributed by atoms with Crippen LogP contribution in [-0.4, -0.2) is 322 Å². The SMILES string of the molecule is CC(C)c1nc(N(C)S(C)(=O)=O)nc(-c2ccc(F)cc2)c1/C=C/[C@@H](O)C[C@@H](O)CC(=O)O.CC(C)c1nc(N(C)S(C)(=O)=O)nc(-c2ccc(F)cc2)c1/C=C/[C@@H](O)C[C@@H](O)CC(=O)O.CC(C)c1nc(N(C)S(C)(=O)=O)nc(-c2ccc(F)cc2)c1/C=C/[C@@H](O)C[C@@H](O)CC(=O)O.CC(C)c1nc(N(C)S(C)(=O)=O)nc(-c2ccc(F)cc2)c1/C=C/[C@@H](O)C[C@@H](O)CC(=O)O.Cl.NCCCC[C@@H](N)C(=O)O.[Ca+2]. The van der Waals surface area contributed by atoms with Crippen LogP contribution in [-0.2, 0) is 64.1 Å². The van der Waals surface area contributed by atoms with E-state index >= 15 is 0 Å². The Kier molecular flexibility index (Phi) is 53.8. The largest absolute Gasteiger partial charge is 2.00 e. The Morgan fingerprint density at radius 3 is 0.667 bits per heavy atom. The number of aliphatic hydroxyl groups excluding tert-OH is 8. The number of aliphatic hydroxyl groups is 8. The van der Waals surface area contributed by atoms with Crippen LogP contribution in [0.4, 0.5) is 41.4 Å². The minimum Gasteiger partial charge on any atom is -0.481 e. The number of anilines is 4. The van der Waals surface area contributed by atoms with Crippen LogP contribution in [0, 0.1) is 23.3 Å². The summed E-state index contributed by atoms with van der Waals surface area (Å²) < 4.78 is 154. The van der Waals surface area contributed by atoms with E-state index in [9.17, 15) is 116 Å². The molecule has 0 amide bonds. The van der Waals surface area contributed by atoms with Gasteiger partial charge in [0, 0.05) is 98.4 Å². The van der Waals surface area contributed by atoms with Gasteiger partial charge in [-0.2, -0.15) is 0 Å². The molecule has 50 heteroatoms. The van der Waals surface area contributed by atoms with Crippen LogP contribution in [0.2, 0.25) is 0 Å². The summed E-state index contributed by atoms with van der Waals surface area (Å²) in [7, 11) is -9.30. The number of rotatable bonds is 45. The number of nitrogens with zero attached hydrogens (tertiary/aromatic N) is 12. The van der Waals surface area contributed by atoms with Gasteiger partial charge in [-0.1, -0.05) is 110 Å². The molecule has 0 saturated carbocycles. The van der Waals surface area contributed by atoms with Gasteiger partial charge in [-0.25, -0.2) is 108 Å². The number of carboxylic acids is 5. The molecule has 0 radical (unpaired) electrons. The molecule has 8 aromatic rings. The zero-order valence-corrected chi connectivity index (χ0v) is 88.5. The molecule has 0 spiro atoms. The first kappa shape index (κ1) is 129. The molecule has 8 rings (SSSR count). The zero-order chi connectivity index (χ0) is 108. The van der Waals surface area contributed by atoms with Crippen molar-refractivity contribution in [3.63, 3.8) is 0 Å². The minimum absolute atomic E-state index is 0. The number of aromatic nitrogens is 8. The van der Waals surface area contributed by atoms with E-state index in [-0.39, 0.29) is 123 Å². The molecule has 17 N–H and O–H groups in total. The zero-order valence-electron chi connectivity index (χ0n) is 82.2. The fourth-order valence-corrected chi connectivity index (χ4v) is 14.3. The molecule has 0 fully saturated rings. The second kappa shape index (κ2) is 59.9. The van der Waals surface area contributed by atoms with Gasteiger partial charge >= 0.3 is 67.6 Å². The second-order valence-corrected chi connectivity index (χ2v) is 42.2. The van der Waals surface area contributed by atoms with Crippen molar-refractivity contribution in [1.29, 1.82) is 0 Å². The first-order valence-corrected chi connectivity index (χ1v) is 51.4. The molecule has 4 aromatic carbocycles. The average Bonchev–Trinajstić information content (AvgIpc) is 0.792. The Labute approximate surface area is 870 Å². The van der Waals surface area contributed by atoms with Crippen LogP contribution in [0.5, 0.6) is 0 Å². The van der Waals surface area contributed by atoms with Crippen molar-refractivity contribution >= 4 is 168 Å². The predicted molar refractivity (Wildman–Crippen MR) is 542 cm³/mol. The summed E-state index contributed by atoms with van der Waals surface area (Å²) >= 11 is 0. The number of benzene rings is 4. The normalized spacial score (nSPS) is 13.7. The number of halogens is 5. The fourth-order valence-electron chi connectivity index (χ4n) is 12.8. The quantitative estimate of drug-likeness (QED) is 0.00960. The van der Waals surface area contributed by atoms with Crippen LogP contribution < -0.4 is 28.7 Å². The molecule has 0 saturated heterocycles. The van der Waals surface area contributed by atoms with Crippen LogP contribution in [0.15, 0.2) is 121 Å². The van der Waals surface area contributed by atoms with Crippen molar-refractivity contribution < 1.29 is 142 Å². The molecular weight excluding hydrogens is 2020 g/mol. The summed E-state index contributed by atoms with van der Waals surface area (Å²) in [5.74, 6) is -8.41. The van der Waals surface area contributed by atoms with E-state index in [2.05, 4.69) is 39.9 Å². The summed E-state index contributed by atoms with van der Waals surface area (Å²) in [5, 5.41) is 123. The molecule has 4 aromatic heterocycles. The van der Waals surface area contributed by atoms with Gasteiger partial charge in [-0.05, 0) is 140 Å². The van der Waals surface area contributed by atoms with Crippen molar-refractivity contribution in [3.8, 4) is 45.0 Å². The standard InChI is InChI=1S/4C22H28FN3O6S.C6H14N2O2.Ca.ClH/c4*1-13(2)20-18(10-9-16(27)11-17(28)12-19(29)30)21(14-5-7-15(23)8-6-14)25-22(24-20)26(3)33(4,31)32;7-4-2-1-3-5(8)6(9)10;;/h4*5-10,13,16-17,27-28H,11-12H2,1-4H3,(H,29,30);5H,1-4,7-8H2,(H,9,10);;1H/q;;;;;+2;/b4*10-9+;;;/t4*16-,17-;5-;;/m11111../s1. The summed E-state index contributed by atoms with van der Waals surface area (Å²) in [4.78, 5) is 88.4. The van der Waals surface area contributed by atoms with Crippen molar-refractivity contribution in [1.82, 2.24) is 39.9 Å². The maximum atomic E-state index is 13.5. The maximum Gasteiger partial charge on any atom is 2.00 e. The third-order valence-corrected chi connectivity index (χ3v) is 25.2. The monoisotopic (exact) mass is 2150 g/mol. The number of hydrogen-bond donors (Lipinski definition) is 15. The van der Waals surface area contributed by atoms with Gasteiger partial charge in [0.15, 0.2) is 0 Å². The smallest absolute Gasteiger partial charge is 0.481 e. The summed E-state index contributed by atoms with van der Waals surface area (Å²) in [5.41, 5.74) is 17.6. The van der Waals surface area contributed by atoms with E-state index < -0.39 is 174 Å². The average molecular weight is 2150 g/mol. The molecule has 4 heterocycles. The maximum absolute atomic E-state index is 13.5. The van der Waals surface area contributed by atoms with Crippen LogP contribution in [0.25, 0.3) is 69.3 Å². The van der Waals surface area contributed by atoms with E-state index in [4.69, 9.17) is 37.0 Å². The van der Waals surface area contributed by atoms with Crippen LogP contribution >= 0.6 is 12.4 Å². The van der Waals surface area contributed by atoms with Gasteiger partial charge in [-0.15, -0.1) is 12.4 Å². The molecule has 0 aliphatic heterocycles. The molecule has 144 heavy (non-hydrogen) atoms. The molecule has 0 aliphatic rings. The van der Waals surface area contributed by atoms with Gasteiger partial charge in [0.25, 0.3) is 0 Å². The van der Waals surface area contributed by atoms with Crippen molar-refractivity contribution in [2.75, 3.05) is 77.0 Å². The van der Waals surface area contributed by atoms with Crippen molar-refractivity contribution in [2.45, 2.75) is 205 Å². The number of carboxylic acid groups (broad SMARTS) is 5. The number of sulfonamides is 4. The van der Waals surface area contributed by atoms with Crippen LogP contribution in [0.1, 0.15) is 195 Å². The Hall–Kier alpha value is -10.6. The molecule has 0 aliphatic carbocycles. The van der Waals surface area contributed by atoms with E-state index in [1.807, 2.05) is 55.4 Å². The van der Waals surface area contributed by atoms with Crippen molar-refractivity contribution in [3.05, 3.63) is 190 Å². The van der Waals surface area contributed by atoms with Gasteiger partial charge in [0.2, 0.25) is 63.9 Å². The van der Waals surface area contributed by atoms with E-state index in [1.165, 1.54) is 174 Å². The minimum atomic E-state index is -3.65. The molecule has 9 atom stereocenters. The molecule has 40 nitrogen and oxygen atoms in total. The number of carbonyl (C=O) groups is 5. The predicted octanol–water partition coefficient (Wildman–Crippen LogP) is 9.18. The Morgan fingerprint density at radius 2 is 0.521 bits per heavy atom. The molecular formula is C94H127CaClF4N14O26S4+2. The van der Waals surface area contributed by atoms with Crippen LogP contribution in [0.3, 0.4) is 0 Å². The fraction of sp³-hybridized carbons (Fsp3) is 0.436.